The van der Waals surface area contributed by atoms with E-state index in [2.05, 4.69) is 47.9 Å². The van der Waals surface area contributed by atoms with Crippen LogP contribution in [0.25, 0.3) is 0 Å². The molecule has 2 aromatic heterocycles. The van der Waals surface area contributed by atoms with Crippen molar-refractivity contribution in [2.45, 2.75) is 39.3 Å². The van der Waals surface area contributed by atoms with Crippen molar-refractivity contribution in [2.24, 2.45) is 0 Å². The average Bonchev–Trinajstić information content (AvgIpc) is 2.89. The Morgan fingerprint density at radius 3 is 2.82 bits per heavy atom. The number of aromatic nitrogens is 1. The van der Waals surface area contributed by atoms with Crippen molar-refractivity contribution in [3.8, 4) is 0 Å². The second-order valence-corrected chi connectivity index (χ2v) is 6.48. The van der Waals surface area contributed by atoms with Gasteiger partial charge in [0.05, 0.1) is 6.04 Å². The highest BCUT2D eigenvalue weighted by Gasteiger charge is 2.12. The Labute approximate surface area is 111 Å². The first-order chi connectivity index (χ1) is 8.15. The second kappa shape index (κ2) is 5.76. The molecule has 0 saturated heterocycles. The van der Waals surface area contributed by atoms with E-state index in [1.807, 2.05) is 6.20 Å². The molecular weight excluding hydrogens is 248 g/mol. The number of aryl methyl sites for hydroxylation is 1. The first-order valence-corrected chi connectivity index (χ1v) is 7.60. The lowest BCUT2D eigenvalue weighted by molar-refractivity contribution is 0.476. The number of thiophene rings is 1. The van der Waals surface area contributed by atoms with E-state index in [-0.39, 0.29) is 0 Å². The molecule has 2 atom stereocenters. The van der Waals surface area contributed by atoms with Crippen LogP contribution >= 0.6 is 22.7 Å². The molecule has 0 bridgehead atoms. The van der Waals surface area contributed by atoms with Crippen LogP contribution in [-0.2, 0) is 6.42 Å². The molecule has 0 saturated carbocycles. The molecule has 0 fully saturated rings. The summed E-state index contributed by atoms with van der Waals surface area (Å²) in [5, 5.41) is 9.13. The van der Waals surface area contributed by atoms with Gasteiger partial charge in [-0.2, -0.15) is 11.3 Å². The van der Waals surface area contributed by atoms with Gasteiger partial charge in [0.2, 0.25) is 0 Å². The predicted molar refractivity (Wildman–Crippen MR) is 75.9 cm³/mol. The normalized spacial score (nSPS) is 14.8. The quantitative estimate of drug-likeness (QED) is 0.890. The monoisotopic (exact) mass is 266 g/mol. The molecule has 0 aliphatic heterocycles. The number of nitrogens with one attached hydrogen (secondary N) is 1. The average molecular weight is 266 g/mol. The molecule has 0 radical (unpaired) electrons. The fraction of sp³-hybridized carbons (Fsp3) is 0.462. The van der Waals surface area contributed by atoms with E-state index in [1.165, 1.54) is 15.4 Å². The summed E-state index contributed by atoms with van der Waals surface area (Å²) in [4.78, 5) is 5.70. The molecule has 92 valence electrons. The summed E-state index contributed by atoms with van der Waals surface area (Å²) >= 11 is 3.54. The number of hydrogen-bond donors (Lipinski definition) is 1. The van der Waals surface area contributed by atoms with Crippen molar-refractivity contribution in [2.75, 3.05) is 0 Å². The van der Waals surface area contributed by atoms with Gasteiger partial charge in [0, 0.05) is 17.1 Å². The highest BCUT2D eigenvalue weighted by atomic mass is 32.1. The summed E-state index contributed by atoms with van der Waals surface area (Å²) in [7, 11) is 0. The fourth-order valence-corrected chi connectivity index (χ4v) is 3.36. The molecule has 0 aromatic carbocycles. The zero-order chi connectivity index (χ0) is 12.3. The Morgan fingerprint density at radius 1 is 1.41 bits per heavy atom. The van der Waals surface area contributed by atoms with Crippen LogP contribution in [0.1, 0.15) is 35.3 Å². The van der Waals surface area contributed by atoms with Gasteiger partial charge < -0.3 is 5.32 Å². The van der Waals surface area contributed by atoms with Gasteiger partial charge in [-0.25, -0.2) is 4.98 Å². The third-order valence-corrected chi connectivity index (χ3v) is 4.49. The molecule has 0 aliphatic carbocycles. The maximum Gasteiger partial charge on any atom is 0.109 e. The third-order valence-electron chi connectivity index (χ3n) is 2.67. The highest BCUT2D eigenvalue weighted by molar-refractivity contribution is 7.11. The van der Waals surface area contributed by atoms with Crippen molar-refractivity contribution >= 4 is 22.7 Å². The number of thiazole rings is 1. The summed E-state index contributed by atoms with van der Waals surface area (Å²) in [6, 6.07) is 3.01. The number of nitrogens with zero attached hydrogens (tertiary/aromatic N) is 1. The molecule has 1 N–H and O–H groups in total. The molecule has 2 nitrogen and oxygen atoms in total. The zero-order valence-electron chi connectivity index (χ0n) is 10.4. The Kier molecular flexibility index (Phi) is 4.31. The van der Waals surface area contributed by atoms with Crippen LogP contribution in [0.15, 0.2) is 23.0 Å². The summed E-state index contributed by atoms with van der Waals surface area (Å²) in [5.74, 6) is 0. The van der Waals surface area contributed by atoms with Gasteiger partial charge in [-0.3, -0.25) is 0 Å². The van der Waals surface area contributed by atoms with E-state index < -0.39 is 0 Å². The van der Waals surface area contributed by atoms with E-state index >= 15 is 0 Å². The fourth-order valence-electron chi connectivity index (χ4n) is 1.89. The summed E-state index contributed by atoms with van der Waals surface area (Å²) < 4.78 is 0. The number of hydrogen-bond acceptors (Lipinski definition) is 4. The van der Waals surface area contributed by atoms with Crippen LogP contribution in [0.5, 0.6) is 0 Å². The smallest absolute Gasteiger partial charge is 0.109 e. The largest absolute Gasteiger partial charge is 0.305 e. The van der Waals surface area contributed by atoms with Crippen molar-refractivity contribution in [3.63, 3.8) is 0 Å². The molecule has 0 aliphatic rings. The Balaban J connectivity index is 1.88. The van der Waals surface area contributed by atoms with Crippen molar-refractivity contribution in [3.05, 3.63) is 38.5 Å². The summed E-state index contributed by atoms with van der Waals surface area (Å²) in [6.45, 7) is 6.51. The lowest BCUT2D eigenvalue weighted by Gasteiger charge is -2.17. The van der Waals surface area contributed by atoms with Gasteiger partial charge in [-0.15, -0.1) is 11.3 Å². The maximum atomic E-state index is 4.42. The van der Waals surface area contributed by atoms with Crippen LogP contribution in [-0.4, -0.2) is 11.0 Å². The molecule has 2 aromatic rings. The lowest BCUT2D eigenvalue weighted by atomic mass is 10.1. The van der Waals surface area contributed by atoms with Crippen LogP contribution in [0.4, 0.5) is 0 Å². The van der Waals surface area contributed by atoms with E-state index in [9.17, 15) is 0 Å². The van der Waals surface area contributed by atoms with E-state index in [4.69, 9.17) is 0 Å². The molecule has 17 heavy (non-hydrogen) atoms. The van der Waals surface area contributed by atoms with E-state index in [0.717, 1.165) is 6.42 Å². The first kappa shape index (κ1) is 12.7. The molecule has 4 heteroatoms. The number of rotatable bonds is 5. The minimum Gasteiger partial charge on any atom is -0.305 e. The first-order valence-electron chi connectivity index (χ1n) is 5.84. The molecule has 2 unspecified atom stereocenters. The highest BCUT2D eigenvalue weighted by Crippen LogP contribution is 2.20. The zero-order valence-corrected chi connectivity index (χ0v) is 12.1. The van der Waals surface area contributed by atoms with Crippen molar-refractivity contribution < 1.29 is 0 Å². The minimum atomic E-state index is 0.335. The van der Waals surface area contributed by atoms with Crippen molar-refractivity contribution in [1.82, 2.24) is 10.3 Å². The van der Waals surface area contributed by atoms with Crippen LogP contribution in [0, 0.1) is 6.92 Å². The Hall–Kier alpha value is -0.710. The maximum absolute atomic E-state index is 4.42. The molecular formula is C13H18N2S2. The van der Waals surface area contributed by atoms with Gasteiger partial charge in [-0.1, -0.05) is 0 Å². The Morgan fingerprint density at radius 2 is 2.24 bits per heavy atom. The Bertz CT molecular complexity index is 448. The SMILES string of the molecule is Cc1cnc(C(C)NC(C)Cc2ccsc2)s1. The van der Waals surface area contributed by atoms with Gasteiger partial charge in [-0.05, 0) is 49.6 Å². The van der Waals surface area contributed by atoms with E-state index in [1.54, 1.807) is 22.7 Å². The van der Waals surface area contributed by atoms with Gasteiger partial charge in [0.15, 0.2) is 0 Å². The molecule has 2 rings (SSSR count). The van der Waals surface area contributed by atoms with Gasteiger partial charge in [0.25, 0.3) is 0 Å². The van der Waals surface area contributed by atoms with Crippen molar-refractivity contribution in [1.29, 1.82) is 0 Å². The molecule has 0 spiro atoms. The topological polar surface area (TPSA) is 24.9 Å². The van der Waals surface area contributed by atoms with Gasteiger partial charge >= 0.3 is 0 Å². The lowest BCUT2D eigenvalue weighted by Crippen LogP contribution is -2.30. The van der Waals surface area contributed by atoms with Crippen LogP contribution in [0.2, 0.25) is 0 Å². The van der Waals surface area contributed by atoms with Gasteiger partial charge in [0.1, 0.15) is 5.01 Å². The third kappa shape index (κ3) is 3.63. The standard InChI is InChI=1S/C13H18N2S2/c1-9(6-12-4-5-16-8-12)15-11(3)13-14-7-10(2)17-13/h4-5,7-9,11,15H,6H2,1-3H3. The summed E-state index contributed by atoms with van der Waals surface area (Å²) in [6.07, 6.45) is 3.03. The van der Waals surface area contributed by atoms with Crippen LogP contribution < -0.4 is 5.32 Å². The second-order valence-electron chi connectivity index (χ2n) is 4.43. The molecule has 2 heterocycles. The predicted octanol–water partition coefficient (Wildman–Crippen LogP) is 3.79. The van der Waals surface area contributed by atoms with Crippen LogP contribution in [0.3, 0.4) is 0 Å². The van der Waals surface area contributed by atoms with E-state index in [0.29, 0.717) is 12.1 Å². The summed E-state index contributed by atoms with van der Waals surface area (Å²) in [5.41, 5.74) is 1.41. The molecule has 0 amide bonds. The minimum absolute atomic E-state index is 0.335.